The average Bonchev–Trinajstić information content (AvgIpc) is 3.07. The fourth-order valence-electron chi connectivity index (χ4n) is 2.64. The Bertz CT molecular complexity index is 554. The summed E-state index contributed by atoms with van der Waals surface area (Å²) in [5.74, 6) is 2.02. The predicted molar refractivity (Wildman–Crippen MR) is 74.4 cm³/mol. The molecule has 1 aliphatic rings. The normalized spacial score (nSPS) is 22.8. The second kappa shape index (κ2) is 5.38. The van der Waals surface area contributed by atoms with Crippen LogP contribution in [0.4, 0.5) is 0 Å². The topological polar surface area (TPSA) is 77.8 Å². The average molecular weight is 323 g/mol. The zero-order valence-electron chi connectivity index (χ0n) is 10.4. The zero-order chi connectivity index (χ0) is 13.2. The van der Waals surface area contributed by atoms with E-state index in [1.54, 1.807) is 6.20 Å². The minimum absolute atomic E-state index is 0.307. The fourth-order valence-corrected chi connectivity index (χ4v) is 2.88. The Hall–Kier alpha value is -1.27. The summed E-state index contributed by atoms with van der Waals surface area (Å²) >= 11 is 3.35. The van der Waals surface area contributed by atoms with E-state index in [0.717, 1.165) is 23.0 Å². The Morgan fingerprint density at radius 3 is 3.00 bits per heavy atom. The number of nitrogens with two attached hydrogens (primary N) is 1. The fraction of sp³-hybridized carbons (Fsp3) is 0.462. The second-order valence-electron chi connectivity index (χ2n) is 4.85. The van der Waals surface area contributed by atoms with E-state index >= 15 is 0 Å². The second-order valence-corrected chi connectivity index (χ2v) is 5.77. The van der Waals surface area contributed by atoms with Crippen molar-refractivity contribution in [3.05, 3.63) is 28.7 Å². The Balaban J connectivity index is 1.85. The molecule has 3 rings (SSSR count). The van der Waals surface area contributed by atoms with Crippen LogP contribution in [0.2, 0.25) is 0 Å². The van der Waals surface area contributed by atoms with Gasteiger partial charge in [0.15, 0.2) is 0 Å². The Morgan fingerprint density at radius 1 is 1.37 bits per heavy atom. The molecule has 2 aromatic heterocycles. The molecule has 5 nitrogen and oxygen atoms in total. The molecule has 6 heteroatoms. The highest BCUT2D eigenvalue weighted by Crippen LogP contribution is 2.38. The minimum Gasteiger partial charge on any atom is -0.339 e. The van der Waals surface area contributed by atoms with Crippen molar-refractivity contribution in [2.75, 3.05) is 6.54 Å². The molecule has 2 N–H and O–H groups in total. The molecule has 2 unspecified atom stereocenters. The number of nitrogens with zero attached hydrogens (tertiary/aromatic N) is 3. The summed E-state index contributed by atoms with van der Waals surface area (Å²) in [5.41, 5.74) is 6.51. The van der Waals surface area contributed by atoms with Crippen LogP contribution in [0.1, 0.15) is 31.1 Å². The molecule has 0 radical (unpaired) electrons. The Kier molecular flexibility index (Phi) is 3.61. The maximum absolute atomic E-state index is 5.79. The summed E-state index contributed by atoms with van der Waals surface area (Å²) in [4.78, 5) is 8.75. The minimum atomic E-state index is 0.307. The van der Waals surface area contributed by atoms with E-state index < -0.39 is 0 Å². The molecule has 2 atom stereocenters. The Morgan fingerprint density at radius 2 is 2.26 bits per heavy atom. The molecule has 0 amide bonds. The first-order valence-corrected chi connectivity index (χ1v) is 7.23. The van der Waals surface area contributed by atoms with Crippen molar-refractivity contribution < 1.29 is 4.52 Å². The molecule has 100 valence electrons. The standard InChI is InChI=1S/C13H15BrN4O/c14-9-4-5-11(16-7-9)12-17-13(19-18-12)10-3-1-2-8(10)6-15/h4-5,7-8,10H,1-3,6,15H2. The molecule has 1 saturated carbocycles. The van der Waals surface area contributed by atoms with Crippen molar-refractivity contribution in [3.8, 4) is 11.5 Å². The SMILES string of the molecule is NCC1CCCC1c1nc(-c2ccc(Br)cn2)no1. The van der Waals surface area contributed by atoms with Crippen LogP contribution < -0.4 is 5.73 Å². The van der Waals surface area contributed by atoms with Crippen molar-refractivity contribution in [1.82, 2.24) is 15.1 Å². The van der Waals surface area contributed by atoms with E-state index in [9.17, 15) is 0 Å². The van der Waals surface area contributed by atoms with E-state index in [1.807, 2.05) is 12.1 Å². The van der Waals surface area contributed by atoms with Crippen molar-refractivity contribution in [1.29, 1.82) is 0 Å². The highest BCUT2D eigenvalue weighted by atomic mass is 79.9. The van der Waals surface area contributed by atoms with Gasteiger partial charge in [-0.3, -0.25) is 4.98 Å². The lowest BCUT2D eigenvalue weighted by Gasteiger charge is -2.12. The first kappa shape index (κ1) is 12.7. The largest absolute Gasteiger partial charge is 0.339 e. The molecule has 0 bridgehead atoms. The van der Waals surface area contributed by atoms with Crippen molar-refractivity contribution in [3.63, 3.8) is 0 Å². The molecule has 1 fully saturated rings. The van der Waals surface area contributed by atoms with Crippen LogP contribution in [0, 0.1) is 5.92 Å². The number of aromatic nitrogens is 3. The van der Waals surface area contributed by atoms with Crippen LogP contribution in [0.15, 0.2) is 27.3 Å². The predicted octanol–water partition coefficient (Wildman–Crippen LogP) is 2.74. The van der Waals surface area contributed by atoms with Gasteiger partial charge < -0.3 is 10.3 Å². The van der Waals surface area contributed by atoms with Crippen molar-refractivity contribution in [2.24, 2.45) is 11.7 Å². The van der Waals surface area contributed by atoms with Crippen LogP contribution in [0.25, 0.3) is 11.5 Å². The summed E-state index contributed by atoms with van der Waals surface area (Å²) in [6.07, 6.45) is 5.14. The van der Waals surface area contributed by atoms with Crippen molar-refractivity contribution in [2.45, 2.75) is 25.2 Å². The van der Waals surface area contributed by atoms with Crippen molar-refractivity contribution >= 4 is 15.9 Å². The maximum atomic E-state index is 5.79. The summed E-state index contributed by atoms with van der Waals surface area (Å²) in [6, 6.07) is 3.78. The van der Waals surface area contributed by atoms with Crippen LogP contribution in [-0.4, -0.2) is 21.7 Å². The summed E-state index contributed by atoms with van der Waals surface area (Å²) in [5, 5.41) is 4.02. The van der Waals surface area contributed by atoms with Gasteiger partial charge >= 0.3 is 0 Å². The third-order valence-electron chi connectivity index (χ3n) is 3.68. The molecule has 0 aromatic carbocycles. The number of hydrogen-bond donors (Lipinski definition) is 1. The van der Waals surface area contributed by atoms with Gasteiger partial charge in [0.2, 0.25) is 11.7 Å². The molecule has 0 aliphatic heterocycles. The molecule has 2 aromatic rings. The first-order valence-electron chi connectivity index (χ1n) is 6.43. The van der Waals surface area contributed by atoms with Gasteiger partial charge in [-0.25, -0.2) is 0 Å². The van der Waals surface area contributed by atoms with Gasteiger partial charge in [0.1, 0.15) is 5.69 Å². The van der Waals surface area contributed by atoms with E-state index in [2.05, 4.69) is 31.1 Å². The number of hydrogen-bond acceptors (Lipinski definition) is 5. The van der Waals surface area contributed by atoms with Gasteiger partial charge in [-0.1, -0.05) is 11.6 Å². The van der Waals surface area contributed by atoms with Crippen LogP contribution in [0.3, 0.4) is 0 Å². The van der Waals surface area contributed by atoms with Gasteiger partial charge in [-0.2, -0.15) is 4.98 Å². The monoisotopic (exact) mass is 322 g/mol. The van der Waals surface area contributed by atoms with E-state index in [4.69, 9.17) is 10.3 Å². The first-order chi connectivity index (χ1) is 9.28. The van der Waals surface area contributed by atoms with Gasteiger partial charge in [-0.05, 0) is 53.4 Å². The maximum Gasteiger partial charge on any atom is 0.230 e. The van der Waals surface area contributed by atoms with E-state index in [1.165, 1.54) is 6.42 Å². The van der Waals surface area contributed by atoms with Gasteiger partial charge in [0.25, 0.3) is 0 Å². The van der Waals surface area contributed by atoms with E-state index in [0.29, 0.717) is 30.1 Å². The molecule has 0 saturated heterocycles. The van der Waals surface area contributed by atoms with Gasteiger partial charge in [0, 0.05) is 16.6 Å². The third kappa shape index (κ3) is 2.55. The molecule has 19 heavy (non-hydrogen) atoms. The quantitative estimate of drug-likeness (QED) is 0.940. The summed E-state index contributed by atoms with van der Waals surface area (Å²) in [6.45, 7) is 0.679. The molecular formula is C13H15BrN4O. The summed E-state index contributed by atoms with van der Waals surface area (Å²) < 4.78 is 6.33. The lowest BCUT2D eigenvalue weighted by molar-refractivity contribution is 0.326. The highest BCUT2D eigenvalue weighted by molar-refractivity contribution is 9.10. The third-order valence-corrected chi connectivity index (χ3v) is 4.15. The number of halogens is 1. The Labute approximate surface area is 119 Å². The highest BCUT2D eigenvalue weighted by Gasteiger charge is 2.32. The van der Waals surface area contributed by atoms with Gasteiger partial charge in [-0.15, -0.1) is 0 Å². The lowest BCUT2D eigenvalue weighted by atomic mass is 9.96. The van der Waals surface area contributed by atoms with Crippen LogP contribution in [0.5, 0.6) is 0 Å². The molecule has 2 heterocycles. The molecule has 0 spiro atoms. The van der Waals surface area contributed by atoms with Crippen LogP contribution >= 0.6 is 15.9 Å². The molecular weight excluding hydrogens is 308 g/mol. The zero-order valence-corrected chi connectivity index (χ0v) is 12.0. The van der Waals surface area contributed by atoms with Crippen LogP contribution in [-0.2, 0) is 0 Å². The molecule has 1 aliphatic carbocycles. The lowest BCUT2D eigenvalue weighted by Crippen LogP contribution is -2.17. The summed E-state index contributed by atoms with van der Waals surface area (Å²) in [7, 11) is 0. The van der Waals surface area contributed by atoms with Gasteiger partial charge in [0.05, 0.1) is 0 Å². The number of pyridine rings is 1. The van der Waals surface area contributed by atoms with E-state index in [-0.39, 0.29) is 0 Å². The smallest absolute Gasteiger partial charge is 0.230 e. The number of rotatable bonds is 3.